The van der Waals surface area contributed by atoms with Gasteiger partial charge in [-0.2, -0.15) is 0 Å². The summed E-state index contributed by atoms with van der Waals surface area (Å²) in [5, 5.41) is 0. The largest absolute Gasteiger partial charge is 0.335 e. The molecule has 0 radical (unpaired) electrons. The molecule has 2 fully saturated rings. The first-order valence-corrected chi connectivity index (χ1v) is 5.46. The van der Waals surface area contributed by atoms with Gasteiger partial charge in [0.05, 0.1) is 6.04 Å². The van der Waals surface area contributed by atoms with E-state index in [1.54, 1.807) is 4.90 Å². The van der Waals surface area contributed by atoms with Crippen molar-refractivity contribution in [2.45, 2.75) is 44.6 Å². The van der Waals surface area contributed by atoms with Gasteiger partial charge in [-0.05, 0) is 24.7 Å². The molecule has 0 aromatic carbocycles. The number of likely N-dealkylation sites (tertiary alicyclic amines) is 1. The Labute approximate surface area is 84.5 Å². The van der Waals surface area contributed by atoms with Gasteiger partial charge in [-0.15, -0.1) is 0 Å². The summed E-state index contributed by atoms with van der Waals surface area (Å²) in [5.41, 5.74) is 0.282. The molecule has 3 nitrogen and oxygen atoms in total. The fraction of sp³-hybridized carbons (Fsp3) is 0.818. The Bertz CT molecular complexity index is 215. The van der Waals surface area contributed by atoms with Gasteiger partial charge in [0.2, 0.25) is 6.41 Å². The lowest BCUT2D eigenvalue weighted by Gasteiger charge is -2.32. The maximum Gasteiger partial charge on any atom is 0.210 e. The van der Waals surface area contributed by atoms with Crippen LogP contribution in [0.2, 0.25) is 0 Å². The second kappa shape index (κ2) is 3.71. The van der Waals surface area contributed by atoms with Crippen LogP contribution in [0, 0.1) is 5.41 Å². The summed E-state index contributed by atoms with van der Waals surface area (Å²) in [6, 6.07) is -0.148. The second-order valence-electron chi connectivity index (χ2n) is 4.75. The van der Waals surface area contributed by atoms with Gasteiger partial charge in [-0.1, -0.05) is 19.3 Å². The highest BCUT2D eigenvalue weighted by Gasteiger charge is 2.43. The average Bonchev–Trinajstić information content (AvgIpc) is 2.57. The van der Waals surface area contributed by atoms with Crippen molar-refractivity contribution >= 4 is 12.7 Å². The molecule has 1 atom stereocenters. The maximum absolute atomic E-state index is 10.8. The van der Waals surface area contributed by atoms with Crippen LogP contribution in [0.3, 0.4) is 0 Å². The summed E-state index contributed by atoms with van der Waals surface area (Å²) >= 11 is 0. The fourth-order valence-electron chi connectivity index (χ4n) is 3.04. The highest BCUT2D eigenvalue weighted by atomic mass is 16.1. The molecule has 78 valence electrons. The highest BCUT2D eigenvalue weighted by molar-refractivity contribution is 5.65. The summed E-state index contributed by atoms with van der Waals surface area (Å²) < 4.78 is 0. The Morgan fingerprint density at radius 1 is 1.14 bits per heavy atom. The van der Waals surface area contributed by atoms with E-state index in [0.717, 1.165) is 25.7 Å². The molecule has 14 heavy (non-hydrogen) atoms. The number of aldehydes is 1. The Kier molecular flexibility index (Phi) is 2.57. The number of carbonyl (C=O) groups is 2. The summed E-state index contributed by atoms with van der Waals surface area (Å²) in [4.78, 5) is 23.3. The Morgan fingerprint density at radius 3 is 2.36 bits per heavy atom. The molecule has 2 rings (SSSR count). The van der Waals surface area contributed by atoms with E-state index in [1.807, 2.05) is 0 Å². The van der Waals surface area contributed by atoms with E-state index in [2.05, 4.69) is 0 Å². The maximum atomic E-state index is 10.8. The molecule has 0 unspecified atom stereocenters. The Balaban J connectivity index is 2.08. The van der Waals surface area contributed by atoms with Gasteiger partial charge >= 0.3 is 0 Å². The van der Waals surface area contributed by atoms with Crippen LogP contribution in [-0.4, -0.2) is 30.2 Å². The van der Waals surface area contributed by atoms with Crippen molar-refractivity contribution in [1.82, 2.24) is 4.90 Å². The van der Waals surface area contributed by atoms with Gasteiger partial charge in [-0.25, -0.2) is 0 Å². The van der Waals surface area contributed by atoms with Crippen molar-refractivity contribution in [3.63, 3.8) is 0 Å². The smallest absolute Gasteiger partial charge is 0.210 e. The van der Waals surface area contributed by atoms with Gasteiger partial charge in [0.25, 0.3) is 0 Å². The van der Waals surface area contributed by atoms with Gasteiger partial charge < -0.3 is 9.69 Å². The molecule has 1 amide bonds. The molecule has 1 aliphatic carbocycles. The Hall–Kier alpha value is -0.860. The molecular weight excluding hydrogens is 178 g/mol. The number of carbonyl (C=O) groups excluding carboxylic acids is 2. The first kappa shape index (κ1) is 9.69. The standard InChI is InChI=1S/C11H17NO2/c13-7-10-6-11(8-12(10)9-14)4-2-1-3-5-11/h7,9-10H,1-6,8H2/t10-/m0/s1. The van der Waals surface area contributed by atoms with Crippen molar-refractivity contribution in [2.75, 3.05) is 6.54 Å². The van der Waals surface area contributed by atoms with Crippen LogP contribution in [0.25, 0.3) is 0 Å². The number of hydrogen-bond donors (Lipinski definition) is 0. The molecule has 3 heteroatoms. The predicted molar refractivity (Wildman–Crippen MR) is 52.8 cm³/mol. The zero-order valence-electron chi connectivity index (χ0n) is 8.45. The summed E-state index contributed by atoms with van der Waals surface area (Å²) in [6.45, 7) is 0.805. The van der Waals surface area contributed by atoms with E-state index < -0.39 is 0 Å². The number of nitrogens with zero attached hydrogens (tertiary/aromatic N) is 1. The molecule has 0 bridgehead atoms. The normalized spacial score (nSPS) is 30.6. The zero-order chi connectivity index (χ0) is 10.0. The number of rotatable bonds is 2. The van der Waals surface area contributed by atoms with Gasteiger partial charge in [-0.3, -0.25) is 4.79 Å². The van der Waals surface area contributed by atoms with Crippen molar-refractivity contribution in [2.24, 2.45) is 5.41 Å². The van der Waals surface area contributed by atoms with Gasteiger partial charge in [0.1, 0.15) is 6.29 Å². The van der Waals surface area contributed by atoms with Crippen LogP contribution in [-0.2, 0) is 9.59 Å². The third-order valence-corrected chi connectivity index (χ3v) is 3.79. The van der Waals surface area contributed by atoms with Crippen LogP contribution < -0.4 is 0 Å². The van der Waals surface area contributed by atoms with Crippen molar-refractivity contribution in [1.29, 1.82) is 0 Å². The average molecular weight is 195 g/mol. The van der Waals surface area contributed by atoms with E-state index in [9.17, 15) is 9.59 Å². The van der Waals surface area contributed by atoms with Crippen molar-refractivity contribution < 1.29 is 9.59 Å². The molecule has 1 saturated heterocycles. The summed E-state index contributed by atoms with van der Waals surface area (Å²) in [5.74, 6) is 0. The molecule has 1 spiro atoms. The topological polar surface area (TPSA) is 37.4 Å². The lowest BCUT2D eigenvalue weighted by atomic mass is 9.73. The number of hydrogen-bond acceptors (Lipinski definition) is 2. The Morgan fingerprint density at radius 2 is 1.86 bits per heavy atom. The molecule has 2 aliphatic rings. The van der Waals surface area contributed by atoms with E-state index in [0.29, 0.717) is 0 Å². The third-order valence-electron chi connectivity index (χ3n) is 3.79. The first-order chi connectivity index (χ1) is 6.79. The second-order valence-corrected chi connectivity index (χ2v) is 4.75. The minimum absolute atomic E-state index is 0.148. The first-order valence-electron chi connectivity index (χ1n) is 5.46. The van der Waals surface area contributed by atoms with Gasteiger partial charge in [0.15, 0.2) is 0 Å². The van der Waals surface area contributed by atoms with E-state index in [4.69, 9.17) is 0 Å². The lowest BCUT2D eigenvalue weighted by molar-refractivity contribution is -0.123. The molecule has 0 aromatic heterocycles. The fourth-order valence-corrected chi connectivity index (χ4v) is 3.04. The van der Waals surface area contributed by atoms with E-state index in [-0.39, 0.29) is 11.5 Å². The van der Waals surface area contributed by atoms with Crippen LogP contribution in [0.15, 0.2) is 0 Å². The SMILES string of the molecule is O=C[C@@H]1CC2(CCCCC2)CN1C=O. The quantitative estimate of drug-likeness (QED) is 0.624. The van der Waals surface area contributed by atoms with Gasteiger partial charge in [0, 0.05) is 6.54 Å². The molecule has 1 heterocycles. The third kappa shape index (κ3) is 1.56. The lowest BCUT2D eigenvalue weighted by Crippen LogP contribution is -2.30. The van der Waals surface area contributed by atoms with Crippen LogP contribution in [0.5, 0.6) is 0 Å². The molecule has 0 aromatic rings. The molecule has 0 N–H and O–H groups in total. The molecule has 1 aliphatic heterocycles. The summed E-state index contributed by atoms with van der Waals surface area (Å²) in [6.07, 6.45) is 8.89. The minimum Gasteiger partial charge on any atom is -0.335 e. The van der Waals surface area contributed by atoms with E-state index in [1.165, 1.54) is 32.1 Å². The zero-order valence-corrected chi connectivity index (χ0v) is 8.45. The van der Waals surface area contributed by atoms with Crippen molar-refractivity contribution in [3.05, 3.63) is 0 Å². The van der Waals surface area contributed by atoms with Crippen LogP contribution >= 0.6 is 0 Å². The highest BCUT2D eigenvalue weighted by Crippen LogP contribution is 2.45. The molecular formula is C11H17NO2. The van der Waals surface area contributed by atoms with Crippen molar-refractivity contribution in [3.8, 4) is 0 Å². The summed E-state index contributed by atoms with van der Waals surface area (Å²) in [7, 11) is 0. The predicted octanol–water partition coefficient (Wildman–Crippen LogP) is 1.37. The van der Waals surface area contributed by atoms with E-state index >= 15 is 0 Å². The van der Waals surface area contributed by atoms with Crippen LogP contribution in [0.1, 0.15) is 38.5 Å². The molecule has 1 saturated carbocycles. The minimum atomic E-state index is -0.148. The van der Waals surface area contributed by atoms with Crippen LogP contribution in [0.4, 0.5) is 0 Å². The number of amides is 1. The monoisotopic (exact) mass is 195 g/mol.